The molecule has 3 rings (SSSR count). The zero-order valence-corrected chi connectivity index (χ0v) is 19.0. The van der Waals surface area contributed by atoms with E-state index in [4.69, 9.17) is 9.72 Å². The average Bonchev–Trinajstić information content (AvgIpc) is 3.15. The normalized spacial score (nSPS) is 11.2. The van der Waals surface area contributed by atoms with Crippen LogP contribution in [-0.2, 0) is 4.79 Å². The van der Waals surface area contributed by atoms with Crippen LogP contribution in [0.3, 0.4) is 0 Å². The van der Waals surface area contributed by atoms with E-state index in [1.807, 2.05) is 49.3 Å². The van der Waals surface area contributed by atoms with E-state index in [9.17, 15) is 4.79 Å². The van der Waals surface area contributed by atoms with Gasteiger partial charge in [0.1, 0.15) is 11.3 Å². The number of nitrogens with zero attached hydrogens (tertiary/aromatic N) is 3. The average molecular weight is 430 g/mol. The SMILES string of the molecule is COc1ccc(C)c2sc(N(CCN(C)C)C(=O)CCSc3ccccc3)nc12. The first-order valence-electron chi connectivity index (χ1n) is 9.56. The van der Waals surface area contributed by atoms with Gasteiger partial charge in [-0.25, -0.2) is 4.98 Å². The fraction of sp³-hybridized carbons (Fsp3) is 0.364. The number of hydrogen-bond acceptors (Lipinski definition) is 6. The summed E-state index contributed by atoms with van der Waals surface area (Å²) in [6.07, 6.45) is 0.471. The minimum absolute atomic E-state index is 0.103. The van der Waals surface area contributed by atoms with Crippen LogP contribution in [0.25, 0.3) is 10.2 Å². The van der Waals surface area contributed by atoms with Gasteiger partial charge in [0, 0.05) is 30.2 Å². The van der Waals surface area contributed by atoms with Gasteiger partial charge in [0.15, 0.2) is 5.13 Å². The Morgan fingerprint density at radius 2 is 1.90 bits per heavy atom. The van der Waals surface area contributed by atoms with Crippen molar-refractivity contribution in [2.24, 2.45) is 0 Å². The molecule has 0 N–H and O–H groups in total. The number of aryl methyl sites for hydroxylation is 1. The van der Waals surface area contributed by atoms with Crippen molar-refractivity contribution in [2.45, 2.75) is 18.2 Å². The molecule has 0 aliphatic carbocycles. The summed E-state index contributed by atoms with van der Waals surface area (Å²) in [6, 6.07) is 14.1. The van der Waals surface area contributed by atoms with Crippen LogP contribution in [-0.4, -0.2) is 55.8 Å². The van der Waals surface area contributed by atoms with E-state index in [-0.39, 0.29) is 5.91 Å². The number of rotatable bonds is 9. The lowest BCUT2D eigenvalue weighted by Gasteiger charge is -2.22. The van der Waals surface area contributed by atoms with Crippen molar-refractivity contribution in [1.29, 1.82) is 0 Å². The van der Waals surface area contributed by atoms with Crippen molar-refractivity contribution in [1.82, 2.24) is 9.88 Å². The van der Waals surface area contributed by atoms with Gasteiger partial charge in [-0.05, 0) is 44.8 Å². The Balaban J connectivity index is 1.80. The molecule has 2 aromatic carbocycles. The van der Waals surface area contributed by atoms with Gasteiger partial charge in [-0.15, -0.1) is 11.8 Å². The summed E-state index contributed by atoms with van der Waals surface area (Å²) >= 11 is 3.26. The molecule has 0 fully saturated rings. The number of carbonyl (C=O) groups excluding carboxylic acids is 1. The summed E-state index contributed by atoms with van der Waals surface area (Å²) in [5.41, 5.74) is 1.97. The first-order valence-corrected chi connectivity index (χ1v) is 11.4. The Morgan fingerprint density at radius 1 is 1.14 bits per heavy atom. The van der Waals surface area contributed by atoms with Crippen molar-refractivity contribution in [3.8, 4) is 5.75 Å². The number of carbonyl (C=O) groups is 1. The van der Waals surface area contributed by atoms with Crippen LogP contribution in [0, 0.1) is 6.92 Å². The monoisotopic (exact) mass is 429 g/mol. The Morgan fingerprint density at radius 3 is 2.59 bits per heavy atom. The van der Waals surface area contributed by atoms with Crippen LogP contribution in [0.1, 0.15) is 12.0 Å². The molecule has 0 aliphatic heterocycles. The number of thioether (sulfide) groups is 1. The third-order valence-electron chi connectivity index (χ3n) is 4.54. The van der Waals surface area contributed by atoms with E-state index in [2.05, 4.69) is 24.0 Å². The molecule has 0 saturated heterocycles. The van der Waals surface area contributed by atoms with E-state index >= 15 is 0 Å². The van der Waals surface area contributed by atoms with Crippen LogP contribution in [0.15, 0.2) is 47.4 Å². The second-order valence-corrected chi connectivity index (χ2v) is 9.16. The number of fused-ring (bicyclic) bond motifs is 1. The van der Waals surface area contributed by atoms with Crippen LogP contribution in [0.2, 0.25) is 0 Å². The van der Waals surface area contributed by atoms with Gasteiger partial charge in [0.2, 0.25) is 5.91 Å². The highest BCUT2D eigenvalue weighted by Crippen LogP contribution is 2.36. The molecule has 1 heterocycles. The molecule has 3 aromatic rings. The first kappa shape index (κ1) is 21.6. The second kappa shape index (κ2) is 10.1. The number of benzene rings is 2. The molecular formula is C22H27N3O2S2. The smallest absolute Gasteiger partial charge is 0.229 e. The highest BCUT2D eigenvalue weighted by Gasteiger charge is 2.21. The topological polar surface area (TPSA) is 45.7 Å². The summed E-state index contributed by atoms with van der Waals surface area (Å²) in [4.78, 5) is 23.0. The number of anilines is 1. The van der Waals surface area contributed by atoms with Gasteiger partial charge in [-0.3, -0.25) is 9.69 Å². The van der Waals surface area contributed by atoms with Gasteiger partial charge < -0.3 is 9.64 Å². The molecule has 1 amide bonds. The maximum Gasteiger partial charge on any atom is 0.229 e. The van der Waals surface area contributed by atoms with Gasteiger partial charge in [0.05, 0.1) is 11.8 Å². The molecule has 154 valence electrons. The second-order valence-electron chi connectivity index (χ2n) is 7.02. The number of hydrogen-bond donors (Lipinski definition) is 0. The van der Waals surface area contributed by atoms with Crippen molar-refractivity contribution in [3.63, 3.8) is 0 Å². The van der Waals surface area contributed by atoms with Gasteiger partial charge in [-0.2, -0.15) is 0 Å². The lowest BCUT2D eigenvalue weighted by atomic mass is 10.2. The highest BCUT2D eigenvalue weighted by atomic mass is 32.2. The molecule has 0 saturated carbocycles. The van der Waals surface area contributed by atoms with Gasteiger partial charge >= 0.3 is 0 Å². The molecule has 7 heteroatoms. The minimum atomic E-state index is 0.103. The maximum absolute atomic E-state index is 13.1. The summed E-state index contributed by atoms with van der Waals surface area (Å²) in [5, 5.41) is 0.740. The molecule has 5 nitrogen and oxygen atoms in total. The largest absolute Gasteiger partial charge is 0.494 e. The van der Waals surface area contributed by atoms with Crippen LogP contribution in [0.4, 0.5) is 5.13 Å². The third-order valence-corrected chi connectivity index (χ3v) is 6.77. The predicted octanol–water partition coefficient (Wildman–Crippen LogP) is 4.69. The maximum atomic E-state index is 13.1. The van der Waals surface area contributed by atoms with Gasteiger partial charge in [0.25, 0.3) is 0 Å². The number of amides is 1. The van der Waals surface area contributed by atoms with Crippen molar-refractivity contribution in [2.75, 3.05) is 44.9 Å². The summed E-state index contributed by atoms with van der Waals surface area (Å²) in [7, 11) is 5.68. The molecule has 0 atom stereocenters. The highest BCUT2D eigenvalue weighted by molar-refractivity contribution is 7.99. The zero-order valence-electron chi connectivity index (χ0n) is 17.3. The van der Waals surface area contributed by atoms with E-state index in [1.165, 1.54) is 4.90 Å². The Hall–Kier alpha value is -2.09. The number of aromatic nitrogens is 1. The number of likely N-dealkylation sites (N-methyl/N-ethyl adjacent to an activating group) is 1. The lowest BCUT2D eigenvalue weighted by molar-refractivity contribution is -0.118. The lowest BCUT2D eigenvalue weighted by Crippen LogP contribution is -2.36. The van der Waals surface area contributed by atoms with Crippen molar-refractivity contribution >= 4 is 44.4 Å². The summed E-state index contributed by atoms with van der Waals surface area (Å²) < 4.78 is 6.55. The minimum Gasteiger partial charge on any atom is -0.494 e. The fourth-order valence-electron chi connectivity index (χ4n) is 2.91. The summed E-state index contributed by atoms with van der Waals surface area (Å²) in [5.74, 6) is 1.59. The quantitative estimate of drug-likeness (QED) is 0.462. The van der Waals surface area contributed by atoms with E-state index in [1.54, 1.807) is 30.2 Å². The number of ether oxygens (including phenoxy) is 1. The van der Waals surface area contributed by atoms with E-state index < -0.39 is 0 Å². The van der Waals surface area contributed by atoms with E-state index in [0.29, 0.717) is 13.0 Å². The molecule has 0 aliphatic rings. The predicted molar refractivity (Wildman–Crippen MR) is 124 cm³/mol. The first-order chi connectivity index (χ1) is 14.0. The summed E-state index contributed by atoms with van der Waals surface area (Å²) in [6.45, 7) is 3.46. The van der Waals surface area contributed by atoms with Crippen LogP contribution < -0.4 is 9.64 Å². The molecule has 0 radical (unpaired) electrons. The number of methoxy groups -OCH3 is 1. The zero-order chi connectivity index (χ0) is 20.8. The van der Waals surface area contributed by atoms with Crippen LogP contribution >= 0.6 is 23.1 Å². The Labute approximate surface area is 180 Å². The Kier molecular flexibility index (Phi) is 7.52. The van der Waals surface area contributed by atoms with E-state index in [0.717, 1.165) is 39.0 Å². The van der Waals surface area contributed by atoms with Gasteiger partial charge in [-0.1, -0.05) is 35.6 Å². The molecule has 0 unspecified atom stereocenters. The standard InChI is InChI=1S/C22H27N3O2S2/c1-16-10-11-18(27-4)20-21(16)29-22(23-20)25(14-13-24(2)3)19(26)12-15-28-17-8-6-5-7-9-17/h5-11H,12-15H2,1-4H3. The number of thiazole rings is 1. The molecule has 1 aromatic heterocycles. The molecule has 0 bridgehead atoms. The van der Waals surface area contributed by atoms with Crippen molar-refractivity contribution in [3.05, 3.63) is 48.0 Å². The molecular weight excluding hydrogens is 402 g/mol. The third kappa shape index (κ3) is 5.50. The molecule has 0 spiro atoms. The van der Waals surface area contributed by atoms with Crippen molar-refractivity contribution < 1.29 is 9.53 Å². The van der Waals surface area contributed by atoms with Crippen LogP contribution in [0.5, 0.6) is 5.75 Å². The molecule has 29 heavy (non-hydrogen) atoms. The Bertz CT molecular complexity index is 957. The fourth-order valence-corrected chi connectivity index (χ4v) is 4.87.